The second-order valence-corrected chi connectivity index (χ2v) is 9.77. The van der Waals surface area contributed by atoms with Gasteiger partial charge in [0.1, 0.15) is 0 Å². The van der Waals surface area contributed by atoms with E-state index in [1.165, 1.54) is 6.42 Å². The van der Waals surface area contributed by atoms with Crippen LogP contribution in [0.4, 0.5) is 0 Å². The van der Waals surface area contributed by atoms with Crippen molar-refractivity contribution in [3.8, 4) is 0 Å². The van der Waals surface area contributed by atoms with Gasteiger partial charge in [0.2, 0.25) is 10.0 Å². The smallest absolute Gasteiger partial charge is 0.214 e. The zero-order valence-corrected chi connectivity index (χ0v) is 17.2. The molecule has 0 unspecified atom stereocenters. The van der Waals surface area contributed by atoms with Crippen LogP contribution in [0.5, 0.6) is 0 Å². The van der Waals surface area contributed by atoms with Gasteiger partial charge in [-0.25, -0.2) is 8.42 Å². The summed E-state index contributed by atoms with van der Waals surface area (Å²) in [7, 11) is -3.15. The van der Waals surface area contributed by atoms with Crippen LogP contribution in [0.25, 0.3) is 0 Å². The first-order valence-electron chi connectivity index (χ1n) is 10.6. The first-order chi connectivity index (χ1) is 12.6. The van der Waals surface area contributed by atoms with Crippen molar-refractivity contribution in [2.24, 2.45) is 5.73 Å². The highest BCUT2D eigenvalue weighted by Gasteiger charge is 2.30. The Kier molecular flexibility index (Phi) is 10.4. The lowest BCUT2D eigenvalue weighted by molar-refractivity contribution is 0.0365. The summed E-state index contributed by atoms with van der Waals surface area (Å²) >= 11 is 0. The summed E-state index contributed by atoms with van der Waals surface area (Å²) < 4.78 is 33.3. The van der Waals surface area contributed by atoms with Gasteiger partial charge in [0.15, 0.2) is 0 Å². The normalized spacial score (nSPS) is 20.7. The molecule has 154 valence electrons. The van der Waals surface area contributed by atoms with Crippen molar-refractivity contribution in [2.75, 3.05) is 51.7 Å². The maximum Gasteiger partial charge on any atom is 0.214 e. The Balaban J connectivity index is 1.84. The molecule has 0 spiro atoms. The Bertz CT molecular complexity index is 461. The van der Waals surface area contributed by atoms with Crippen molar-refractivity contribution in [3.63, 3.8) is 0 Å². The van der Waals surface area contributed by atoms with Gasteiger partial charge in [0.05, 0.1) is 19.0 Å². The van der Waals surface area contributed by atoms with Crippen LogP contribution in [0.3, 0.4) is 0 Å². The van der Waals surface area contributed by atoms with Crippen molar-refractivity contribution in [3.05, 3.63) is 0 Å². The number of nitrogens with zero attached hydrogens (tertiary/aromatic N) is 2. The molecule has 0 atom stereocenters. The van der Waals surface area contributed by atoms with Crippen LogP contribution in [-0.4, -0.2) is 75.4 Å². The van der Waals surface area contributed by atoms with Gasteiger partial charge in [-0.3, -0.25) is 4.90 Å². The highest BCUT2D eigenvalue weighted by molar-refractivity contribution is 7.89. The Morgan fingerprint density at radius 1 is 0.962 bits per heavy atom. The molecule has 0 radical (unpaired) electrons. The molecule has 1 aliphatic heterocycles. The zero-order chi connectivity index (χ0) is 18.7. The predicted octanol–water partition coefficient (Wildman–Crippen LogP) is 2.19. The third-order valence-electron chi connectivity index (χ3n) is 5.65. The third kappa shape index (κ3) is 7.80. The van der Waals surface area contributed by atoms with Crippen LogP contribution >= 0.6 is 0 Å². The molecule has 26 heavy (non-hydrogen) atoms. The van der Waals surface area contributed by atoms with Gasteiger partial charge in [0, 0.05) is 25.7 Å². The maximum absolute atomic E-state index is 13.0. The number of unbranched alkanes of at least 4 members (excludes halogenated alkanes) is 3. The van der Waals surface area contributed by atoms with Gasteiger partial charge >= 0.3 is 0 Å². The Labute approximate surface area is 160 Å². The standard InChI is InChI=1S/C19H39N3O3S/c20-11-6-1-2-7-18-26(23,24)22(19-9-4-3-5-10-19)13-8-12-21-14-16-25-17-15-21/h19H,1-18,20H2. The molecule has 0 aromatic rings. The highest BCUT2D eigenvalue weighted by atomic mass is 32.2. The van der Waals surface area contributed by atoms with E-state index in [0.29, 0.717) is 18.8 Å². The van der Waals surface area contributed by atoms with Gasteiger partial charge in [-0.1, -0.05) is 32.1 Å². The predicted molar refractivity (Wildman–Crippen MR) is 107 cm³/mol. The summed E-state index contributed by atoms with van der Waals surface area (Å²) in [6.45, 7) is 5.88. The Hall–Kier alpha value is -0.210. The van der Waals surface area contributed by atoms with E-state index in [9.17, 15) is 8.42 Å². The van der Waals surface area contributed by atoms with Crippen molar-refractivity contribution >= 4 is 10.0 Å². The molecule has 2 fully saturated rings. The van der Waals surface area contributed by atoms with E-state index in [1.807, 2.05) is 4.31 Å². The van der Waals surface area contributed by atoms with Crippen LogP contribution in [-0.2, 0) is 14.8 Å². The average molecular weight is 390 g/mol. The third-order valence-corrected chi connectivity index (χ3v) is 7.65. The van der Waals surface area contributed by atoms with E-state index in [0.717, 1.165) is 90.6 Å². The molecule has 1 saturated heterocycles. The topological polar surface area (TPSA) is 75.9 Å². The number of morpholine rings is 1. The van der Waals surface area contributed by atoms with E-state index in [-0.39, 0.29) is 6.04 Å². The van der Waals surface area contributed by atoms with Gasteiger partial charge in [0.25, 0.3) is 0 Å². The maximum atomic E-state index is 13.0. The largest absolute Gasteiger partial charge is 0.379 e. The van der Waals surface area contributed by atoms with Crippen LogP contribution in [0, 0.1) is 0 Å². The number of hydrogen-bond donors (Lipinski definition) is 1. The average Bonchev–Trinajstić information content (AvgIpc) is 2.66. The van der Waals surface area contributed by atoms with E-state index >= 15 is 0 Å². The molecule has 2 aliphatic rings. The second-order valence-electron chi connectivity index (χ2n) is 7.73. The summed E-state index contributed by atoms with van der Waals surface area (Å²) in [4.78, 5) is 2.39. The fourth-order valence-corrected chi connectivity index (χ4v) is 5.97. The number of ether oxygens (including phenoxy) is 1. The van der Waals surface area contributed by atoms with Crippen LogP contribution in [0.2, 0.25) is 0 Å². The summed E-state index contributed by atoms with van der Waals surface area (Å²) in [5.74, 6) is 0.297. The lowest BCUT2D eigenvalue weighted by Crippen LogP contribution is -2.44. The fraction of sp³-hybridized carbons (Fsp3) is 1.00. The molecule has 2 rings (SSSR count). The molecule has 6 nitrogen and oxygen atoms in total. The second kappa shape index (κ2) is 12.3. The molecule has 0 amide bonds. The first-order valence-corrected chi connectivity index (χ1v) is 12.2. The lowest BCUT2D eigenvalue weighted by Gasteiger charge is -2.34. The first kappa shape index (κ1) is 22.1. The van der Waals surface area contributed by atoms with Gasteiger partial charge in [-0.15, -0.1) is 0 Å². The van der Waals surface area contributed by atoms with E-state index in [2.05, 4.69) is 4.90 Å². The van der Waals surface area contributed by atoms with Gasteiger partial charge in [-0.2, -0.15) is 4.31 Å². The monoisotopic (exact) mass is 389 g/mol. The minimum Gasteiger partial charge on any atom is -0.379 e. The lowest BCUT2D eigenvalue weighted by atomic mass is 9.95. The van der Waals surface area contributed by atoms with Gasteiger partial charge in [-0.05, 0) is 45.2 Å². The SMILES string of the molecule is NCCCCCCS(=O)(=O)N(CCCN1CCOCC1)C1CCCCC1. The number of nitrogens with two attached hydrogens (primary N) is 1. The van der Waals surface area contributed by atoms with Crippen LogP contribution < -0.4 is 5.73 Å². The molecule has 7 heteroatoms. The summed E-state index contributed by atoms with van der Waals surface area (Å²) in [6.07, 6.45) is 10.3. The molecule has 1 saturated carbocycles. The fourth-order valence-electron chi connectivity index (χ4n) is 4.09. The molecule has 0 aromatic heterocycles. The van der Waals surface area contributed by atoms with Gasteiger partial charge < -0.3 is 10.5 Å². The van der Waals surface area contributed by atoms with Crippen LogP contribution in [0.15, 0.2) is 0 Å². The molecule has 0 aromatic carbocycles. The number of rotatable bonds is 12. The Morgan fingerprint density at radius 2 is 1.65 bits per heavy atom. The zero-order valence-electron chi connectivity index (χ0n) is 16.4. The molecule has 0 bridgehead atoms. The van der Waals surface area contributed by atoms with Crippen molar-refractivity contribution in [2.45, 2.75) is 70.3 Å². The van der Waals surface area contributed by atoms with Crippen molar-refractivity contribution < 1.29 is 13.2 Å². The van der Waals surface area contributed by atoms with E-state index in [1.54, 1.807) is 0 Å². The minimum absolute atomic E-state index is 0.225. The van der Waals surface area contributed by atoms with E-state index < -0.39 is 10.0 Å². The highest BCUT2D eigenvalue weighted by Crippen LogP contribution is 2.25. The molecular formula is C19H39N3O3S. The van der Waals surface area contributed by atoms with Crippen molar-refractivity contribution in [1.29, 1.82) is 0 Å². The van der Waals surface area contributed by atoms with Crippen LogP contribution in [0.1, 0.15) is 64.2 Å². The number of hydrogen-bond acceptors (Lipinski definition) is 5. The van der Waals surface area contributed by atoms with Crippen molar-refractivity contribution in [1.82, 2.24) is 9.21 Å². The molecule has 1 heterocycles. The Morgan fingerprint density at radius 3 is 2.35 bits per heavy atom. The van der Waals surface area contributed by atoms with E-state index in [4.69, 9.17) is 10.5 Å². The molecule has 1 aliphatic carbocycles. The summed E-state index contributed by atoms with van der Waals surface area (Å²) in [5, 5.41) is 0. The number of sulfonamides is 1. The molecular weight excluding hydrogens is 350 g/mol. The summed E-state index contributed by atoms with van der Waals surface area (Å²) in [5.41, 5.74) is 5.52. The summed E-state index contributed by atoms with van der Waals surface area (Å²) in [6, 6.07) is 0.225. The minimum atomic E-state index is -3.15. The quantitative estimate of drug-likeness (QED) is 0.518. The molecule has 2 N–H and O–H groups in total.